The Hall–Kier alpha value is -0.860. The van der Waals surface area contributed by atoms with E-state index in [1.165, 1.54) is 0 Å². The molecular formula is C10H16N2O. The first-order valence-corrected chi connectivity index (χ1v) is 4.79. The van der Waals surface area contributed by atoms with Crippen molar-refractivity contribution in [3.8, 4) is 0 Å². The molecule has 72 valence electrons. The molecule has 3 nitrogen and oxygen atoms in total. The second-order valence-corrected chi connectivity index (χ2v) is 5.01. The summed E-state index contributed by atoms with van der Waals surface area (Å²) >= 11 is 0. The predicted molar refractivity (Wildman–Crippen MR) is 50.5 cm³/mol. The highest BCUT2D eigenvalue weighted by Gasteiger charge is 2.59. The Balaban J connectivity index is 2.51. The monoisotopic (exact) mass is 180 g/mol. The van der Waals surface area contributed by atoms with E-state index < -0.39 is 0 Å². The molecule has 0 aromatic rings. The first-order valence-electron chi connectivity index (χ1n) is 4.79. The van der Waals surface area contributed by atoms with Crippen molar-refractivity contribution >= 4 is 11.7 Å². The third kappa shape index (κ3) is 0.798. The number of carbonyl (C=O) groups is 1. The van der Waals surface area contributed by atoms with Crippen LogP contribution in [-0.4, -0.2) is 11.7 Å². The van der Waals surface area contributed by atoms with Gasteiger partial charge in [-0.2, -0.15) is 0 Å². The number of amides is 1. The third-order valence-corrected chi connectivity index (χ3v) is 4.34. The lowest BCUT2D eigenvalue weighted by Crippen LogP contribution is -2.56. The number of amidine groups is 1. The first-order chi connectivity index (χ1) is 5.89. The normalized spacial score (nSPS) is 41.9. The van der Waals surface area contributed by atoms with Crippen LogP contribution in [0, 0.1) is 22.2 Å². The van der Waals surface area contributed by atoms with Crippen LogP contribution < -0.4 is 5.32 Å². The summed E-state index contributed by atoms with van der Waals surface area (Å²) in [6, 6.07) is 0. The Labute approximate surface area is 78.4 Å². The molecule has 2 N–H and O–H groups in total. The van der Waals surface area contributed by atoms with Crippen LogP contribution in [0.5, 0.6) is 0 Å². The maximum absolute atomic E-state index is 11.6. The molecule has 2 atom stereocenters. The maximum Gasteiger partial charge on any atom is 0.228 e. The summed E-state index contributed by atoms with van der Waals surface area (Å²) in [5.41, 5.74) is -0.169. The lowest BCUT2D eigenvalue weighted by molar-refractivity contribution is -0.128. The van der Waals surface area contributed by atoms with Gasteiger partial charge in [0.05, 0.1) is 0 Å². The summed E-state index contributed by atoms with van der Waals surface area (Å²) in [6.07, 6.45) is 1.89. The Morgan fingerprint density at radius 3 is 2.69 bits per heavy atom. The molecule has 0 aromatic carbocycles. The number of fused-ring (bicyclic) bond motifs is 2. The zero-order chi connectivity index (χ0) is 9.85. The molecule has 2 rings (SSSR count). The molecule has 1 saturated heterocycles. The van der Waals surface area contributed by atoms with Crippen LogP contribution in [0.15, 0.2) is 0 Å². The van der Waals surface area contributed by atoms with Crippen molar-refractivity contribution in [3.63, 3.8) is 0 Å². The molecule has 2 fully saturated rings. The van der Waals surface area contributed by atoms with E-state index in [9.17, 15) is 4.79 Å². The Bertz CT molecular complexity index is 295. The van der Waals surface area contributed by atoms with E-state index in [0.717, 1.165) is 12.8 Å². The van der Waals surface area contributed by atoms with E-state index in [1.807, 2.05) is 0 Å². The molecule has 0 radical (unpaired) electrons. The van der Waals surface area contributed by atoms with Gasteiger partial charge < -0.3 is 5.32 Å². The summed E-state index contributed by atoms with van der Waals surface area (Å²) in [5, 5.41) is 10.5. The largest absolute Gasteiger partial charge is 0.314 e. The van der Waals surface area contributed by atoms with Gasteiger partial charge in [0.2, 0.25) is 5.91 Å². The second-order valence-electron chi connectivity index (χ2n) is 5.01. The topological polar surface area (TPSA) is 53.0 Å². The Morgan fingerprint density at radius 1 is 1.46 bits per heavy atom. The van der Waals surface area contributed by atoms with E-state index >= 15 is 0 Å². The lowest BCUT2D eigenvalue weighted by Gasteiger charge is -2.45. The molecule has 3 heteroatoms. The molecule has 1 amide bonds. The lowest BCUT2D eigenvalue weighted by atomic mass is 9.63. The van der Waals surface area contributed by atoms with Crippen LogP contribution in [0.4, 0.5) is 0 Å². The van der Waals surface area contributed by atoms with Gasteiger partial charge in [0.1, 0.15) is 5.84 Å². The van der Waals surface area contributed by atoms with Gasteiger partial charge in [-0.15, -0.1) is 0 Å². The van der Waals surface area contributed by atoms with Gasteiger partial charge in [0, 0.05) is 11.3 Å². The number of hydrogen-bond donors (Lipinski definition) is 2. The fourth-order valence-corrected chi connectivity index (χ4v) is 2.75. The van der Waals surface area contributed by atoms with Gasteiger partial charge in [-0.05, 0) is 18.3 Å². The highest BCUT2D eigenvalue weighted by atomic mass is 16.2. The standard InChI is InChI=1S/C10H16N2O/c1-9(2)6-4-5-10(9,3)8(11)12-7(6)13/h6H,4-5H2,1-3H3,(H2,11,12,13)/t6-,10+/m0/s1. The molecule has 2 aliphatic rings. The zero-order valence-electron chi connectivity index (χ0n) is 8.40. The number of piperidine rings is 1. The van der Waals surface area contributed by atoms with Crippen LogP contribution in [0.3, 0.4) is 0 Å². The minimum atomic E-state index is -0.119. The van der Waals surface area contributed by atoms with Crippen molar-refractivity contribution in [2.45, 2.75) is 33.6 Å². The van der Waals surface area contributed by atoms with Crippen molar-refractivity contribution in [1.29, 1.82) is 5.41 Å². The van der Waals surface area contributed by atoms with Crippen molar-refractivity contribution in [3.05, 3.63) is 0 Å². The molecule has 0 aromatic heterocycles. The average molecular weight is 180 g/mol. The van der Waals surface area contributed by atoms with Gasteiger partial charge >= 0.3 is 0 Å². The van der Waals surface area contributed by atoms with E-state index in [4.69, 9.17) is 5.41 Å². The van der Waals surface area contributed by atoms with Crippen LogP contribution in [0.1, 0.15) is 33.6 Å². The van der Waals surface area contributed by atoms with Gasteiger partial charge in [-0.3, -0.25) is 10.2 Å². The second kappa shape index (κ2) is 2.14. The molecule has 1 aliphatic carbocycles. The molecule has 13 heavy (non-hydrogen) atoms. The molecule has 0 unspecified atom stereocenters. The molecule has 2 bridgehead atoms. The van der Waals surface area contributed by atoms with E-state index in [0.29, 0.717) is 5.84 Å². The SMILES string of the molecule is CC1(C)[C@H]2CC[C@]1(C)C(=N)NC2=O. The minimum absolute atomic E-state index is 0.0463. The molecule has 1 saturated carbocycles. The quantitative estimate of drug-likeness (QED) is 0.583. The summed E-state index contributed by atoms with van der Waals surface area (Å²) in [6.45, 7) is 6.31. The smallest absolute Gasteiger partial charge is 0.228 e. The Morgan fingerprint density at radius 2 is 2.08 bits per heavy atom. The van der Waals surface area contributed by atoms with Gasteiger partial charge in [0.25, 0.3) is 0 Å². The third-order valence-electron chi connectivity index (χ3n) is 4.34. The average Bonchev–Trinajstić information content (AvgIpc) is 2.16. The zero-order valence-corrected chi connectivity index (χ0v) is 8.40. The van der Waals surface area contributed by atoms with Crippen LogP contribution in [0.25, 0.3) is 0 Å². The fraction of sp³-hybridized carbons (Fsp3) is 0.800. The summed E-state index contributed by atoms with van der Waals surface area (Å²) < 4.78 is 0. The van der Waals surface area contributed by atoms with Crippen molar-refractivity contribution in [1.82, 2.24) is 5.32 Å². The highest BCUT2D eigenvalue weighted by molar-refractivity contribution is 6.05. The first kappa shape index (κ1) is 8.73. The molecule has 1 heterocycles. The van der Waals surface area contributed by atoms with Gasteiger partial charge in [-0.1, -0.05) is 20.8 Å². The van der Waals surface area contributed by atoms with Crippen LogP contribution >= 0.6 is 0 Å². The number of nitrogens with one attached hydrogen (secondary N) is 2. The van der Waals surface area contributed by atoms with Gasteiger partial charge in [0.15, 0.2) is 0 Å². The van der Waals surface area contributed by atoms with Crippen molar-refractivity contribution < 1.29 is 4.79 Å². The van der Waals surface area contributed by atoms with E-state index in [-0.39, 0.29) is 22.7 Å². The Kier molecular flexibility index (Phi) is 1.44. The summed E-state index contributed by atoms with van der Waals surface area (Å²) in [5.74, 6) is 0.563. The maximum atomic E-state index is 11.6. The minimum Gasteiger partial charge on any atom is -0.314 e. The summed E-state index contributed by atoms with van der Waals surface area (Å²) in [7, 11) is 0. The van der Waals surface area contributed by atoms with Crippen LogP contribution in [0.2, 0.25) is 0 Å². The van der Waals surface area contributed by atoms with Crippen molar-refractivity contribution in [2.24, 2.45) is 16.7 Å². The number of rotatable bonds is 0. The van der Waals surface area contributed by atoms with Gasteiger partial charge in [-0.25, -0.2) is 0 Å². The van der Waals surface area contributed by atoms with Crippen molar-refractivity contribution in [2.75, 3.05) is 0 Å². The predicted octanol–water partition coefficient (Wildman–Crippen LogP) is 1.54. The molecule has 0 spiro atoms. The molecular weight excluding hydrogens is 164 g/mol. The van der Waals surface area contributed by atoms with E-state index in [2.05, 4.69) is 26.1 Å². The molecule has 1 aliphatic heterocycles. The summed E-state index contributed by atoms with van der Waals surface area (Å²) in [4.78, 5) is 11.6. The number of carbonyl (C=O) groups excluding carboxylic acids is 1. The highest BCUT2D eigenvalue weighted by Crippen LogP contribution is 2.58. The number of hydrogen-bond acceptors (Lipinski definition) is 2. The fourth-order valence-electron chi connectivity index (χ4n) is 2.75. The van der Waals surface area contributed by atoms with E-state index in [1.54, 1.807) is 0 Å². The van der Waals surface area contributed by atoms with Crippen LogP contribution in [-0.2, 0) is 4.79 Å².